The maximum absolute atomic E-state index is 5.79. The molecule has 3 nitrogen and oxygen atoms in total. The molecule has 0 radical (unpaired) electrons. The van der Waals surface area contributed by atoms with Crippen molar-refractivity contribution in [2.75, 3.05) is 13.7 Å². The largest absolute Gasteiger partial charge is 0.497 e. The summed E-state index contributed by atoms with van der Waals surface area (Å²) in [5.41, 5.74) is 3.62. The van der Waals surface area contributed by atoms with Gasteiger partial charge in [0.15, 0.2) is 0 Å². The summed E-state index contributed by atoms with van der Waals surface area (Å²) in [6.07, 6.45) is 0. The van der Waals surface area contributed by atoms with E-state index in [0.717, 1.165) is 24.4 Å². The van der Waals surface area contributed by atoms with Gasteiger partial charge < -0.3 is 14.8 Å². The van der Waals surface area contributed by atoms with E-state index in [1.165, 1.54) is 11.1 Å². The molecule has 3 heteroatoms. The van der Waals surface area contributed by atoms with Crippen LogP contribution in [0.15, 0.2) is 48.5 Å². The fourth-order valence-corrected chi connectivity index (χ4v) is 2.15. The van der Waals surface area contributed by atoms with E-state index in [4.69, 9.17) is 9.47 Å². The maximum atomic E-state index is 5.79. The Bertz CT molecular complexity index is 554. The number of rotatable bonds is 8. The zero-order valence-corrected chi connectivity index (χ0v) is 12.8. The highest BCUT2D eigenvalue weighted by Crippen LogP contribution is 2.14. The lowest BCUT2D eigenvalue weighted by Gasteiger charge is -2.08. The molecule has 21 heavy (non-hydrogen) atoms. The molecule has 0 atom stereocenters. The number of hydrogen-bond donors (Lipinski definition) is 1. The topological polar surface area (TPSA) is 30.5 Å². The van der Waals surface area contributed by atoms with E-state index in [0.29, 0.717) is 13.2 Å². The van der Waals surface area contributed by atoms with Crippen molar-refractivity contribution >= 4 is 0 Å². The third kappa shape index (κ3) is 5.21. The molecule has 112 valence electrons. The Morgan fingerprint density at radius 1 is 0.905 bits per heavy atom. The molecule has 2 aromatic carbocycles. The second kappa shape index (κ2) is 8.45. The Labute approximate surface area is 126 Å². The summed E-state index contributed by atoms with van der Waals surface area (Å²) in [6, 6.07) is 16.5. The van der Waals surface area contributed by atoms with Crippen LogP contribution in [0.25, 0.3) is 0 Å². The lowest BCUT2D eigenvalue weighted by atomic mass is 10.1. The van der Waals surface area contributed by atoms with Gasteiger partial charge in [-0.25, -0.2) is 0 Å². The number of ether oxygens (including phenoxy) is 2. The molecule has 1 N–H and O–H groups in total. The molecule has 0 bridgehead atoms. The van der Waals surface area contributed by atoms with Gasteiger partial charge in [-0.05, 0) is 35.4 Å². The molecule has 0 amide bonds. The van der Waals surface area contributed by atoms with E-state index < -0.39 is 0 Å². The Morgan fingerprint density at radius 2 is 1.57 bits per heavy atom. The third-order valence-electron chi connectivity index (χ3n) is 3.24. The average molecular weight is 285 g/mol. The first kappa shape index (κ1) is 15.5. The lowest BCUT2D eigenvalue weighted by Crippen LogP contribution is -2.11. The molecule has 0 heterocycles. The van der Waals surface area contributed by atoms with Crippen LogP contribution in [0, 0.1) is 0 Å². The van der Waals surface area contributed by atoms with Crippen LogP contribution in [0.1, 0.15) is 23.6 Å². The van der Waals surface area contributed by atoms with Gasteiger partial charge in [0.05, 0.1) is 20.3 Å². The average Bonchev–Trinajstić information content (AvgIpc) is 2.53. The van der Waals surface area contributed by atoms with E-state index in [1.54, 1.807) is 7.11 Å². The van der Waals surface area contributed by atoms with Gasteiger partial charge in [-0.3, -0.25) is 0 Å². The quantitative estimate of drug-likeness (QED) is 0.805. The zero-order chi connectivity index (χ0) is 14.9. The van der Waals surface area contributed by atoms with Crippen LogP contribution >= 0.6 is 0 Å². The molecule has 0 aromatic heterocycles. The molecule has 0 spiro atoms. The second-order valence-electron chi connectivity index (χ2n) is 4.94. The molecule has 2 rings (SSSR count). The summed E-state index contributed by atoms with van der Waals surface area (Å²) in [4.78, 5) is 0. The monoisotopic (exact) mass is 285 g/mol. The molecule has 0 fully saturated rings. The SMILES string of the molecule is CCNCc1cccc(COCc2cccc(OC)c2)c1. The Balaban J connectivity index is 1.85. The molecule has 0 saturated heterocycles. The normalized spacial score (nSPS) is 10.6. The first-order valence-corrected chi connectivity index (χ1v) is 7.31. The molecular weight excluding hydrogens is 262 g/mol. The highest BCUT2D eigenvalue weighted by molar-refractivity contribution is 5.28. The van der Waals surface area contributed by atoms with Crippen molar-refractivity contribution in [3.05, 3.63) is 65.2 Å². The standard InChI is InChI=1S/C18H23NO2/c1-3-19-12-15-6-4-7-16(10-15)13-21-14-17-8-5-9-18(11-17)20-2/h4-11,19H,3,12-14H2,1-2H3. The van der Waals surface area contributed by atoms with Crippen molar-refractivity contribution in [3.8, 4) is 5.75 Å². The summed E-state index contributed by atoms with van der Waals surface area (Å²) in [5.74, 6) is 0.865. The van der Waals surface area contributed by atoms with Crippen LogP contribution in [0.5, 0.6) is 5.75 Å². The smallest absolute Gasteiger partial charge is 0.119 e. The Hall–Kier alpha value is -1.84. The van der Waals surface area contributed by atoms with Crippen LogP contribution in [-0.2, 0) is 24.5 Å². The zero-order valence-electron chi connectivity index (χ0n) is 12.8. The van der Waals surface area contributed by atoms with Gasteiger partial charge in [0, 0.05) is 6.54 Å². The summed E-state index contributed by atoms with van der Waals surface area (Å²) >= 11 is 0. The van der Waals surface area contributed by atoms with Crippen molar-refractivity contribution in [1.29, 1.82) is 0 Å². The van der Waals surface area contributed by atoms with Crippen LogP contribution in [0.2, 0.25) is 0 Å². The molecule has 0 unspecified atom stereocenters. The van der Waals surface area contributed by atoms with E-state index in [9.17, 15) is 0 Å². The van der Waals surface area contributed by atoms with Crippen molar-refractivity contribution < 1.29 is 9.47 Å². The van der Waals surface area contributed by atoms with Crippen molar-refractivity contribution in [2.24, 2.45) is 0 Å². The predicted molar refractivity (Wildman–Crippen MR) is 85.3 cm³/mol. The van der Waals surface area contributed by atoms with Crippen molar-refractivity contribution in [2.45, 2.75) is 26.7 Å². The Kier molecular flexibility index (Phi) is 6.25. The molecule has 0 aliphatic heterocycles. The number of hydrogen-bond acceptors (Lipinski definition) is 3. The molecular formula is C18H23NO2. The van der Waals surface area contributed by atoms with Crippen LogP contribution in [0.4, 0.5) is 0 Å². The fraction of sp³-hybridized carbons (Fsp3) is 0.333. The van der Waals surface area contributed by atoms with E-state index in [-0.39, 0.29) is 0 Å². The van der Waals surface area contributed by atoms with Gasteiger partial charge >= 0.3 is 0 Å². The van der Waals surface area contributed by atoms with Crippen molar-refractivity contribution in [3.63, 3.8) is 0 Å². The van der Waals surface area contributed by atoms with Gasteiger partial charge in [0.1, 0.15) is 5.75 Å². The molecule has 0 aliphatic rings. The van der Waals surface area contributed by atoms with Crippen LogP contribution < -0.4 is 10.1 Å². The lowest BCUT2D eigenvalue weighted by molar-refractivity contribution is 0.107. The number of methoxy groups -OCH3 is 1. The number of nitrogens with one attached hydrogen (secondary N) is 1. The fourth-order valence-electron chi connectivity index (χ4n) is 2.15. The maximum Gasteiger partial charge on any atom is 0.119 e. The van der Waals surface area contributed by atoms with Gasteiger partial charge in [-0.2, -0.15) is 0 Å². The van der Waals surface area contributed by atoms with Gasteiger partial charge in [0.25, 0.3) is 0 Å². The van der Waals surface area contributed by atoms with E-state index >= 15 is 0 Å². The first-order chi connectivity index (χ1) is 10.3. The minimum absolute atomic E-state index is 0.592. The third-order valence-corrected chi connectivity index (χ3v) is 3.24. The summed E-state index contributed by atoms with van der Waals surface area (Å²) in [7, 11) is 1.68. The summed E-state index contributed by atoms with van der Waals surface area (Å²) in [5, 5.41) is 3.33. The van der Waals surface area contributed by atoms with Gasteiger partial charge in [-0.15, -0.1) is 0 Å². The number of benzene rings is 2. The van der Waals surface area contributed by atoms with Gasteiger partial charge in [-0.1, -0.05) is 43.3 Å². The van der Waals surface area contributed by atoms with Crippen molar-refractivity contribution in [1.82, 2.24) is 5.32 Å². The molecule has 0 aliphatic carbocycles. The molecule has 2 aromatic rings. The first-order valence-electron chi connectivity index (χ1n) is 7.31. The Morgan fingerprint density at radius 3 is 2.29 bits per heavy atom. The van der Waals surface area contributed by atoms with E-state index in [2.05, 4.69) is 36.5 Å². The summed E-state index contributed by atoms with van der Waals surface area (Å²) < 4.78 is 11.0. The summed E-state index contributed by atoms with van der Waals surface area (Å²) in [6.45, 7) is 5.21. The van der Waals surface area contributed by atoms with Crippen LogP contribution in [-0.4, -0.2) is 13.7 Å². The second-order valence-corrected chi connectivity index (χ2v) is 4.94. The highest BCUT2D eigenvalue weighted by atomic mass is 16.5. The van der Waals surface area contributed by atoms with Crippen LogP contribution in [0.3, 0.4) is 0 Å². The highest BCUT2D eigenvalue weighted by Gasteiger charge is 1.99. The minimum Gasteiger partial charge on any atom is -0.497 e. The van der Waals surface area contributed by atoms with E-state index in [1.807, 2.05) is 24.3 Å². The minimum atomic E-state index is 0.592. The van der Waals surface area contributed by atoms with Gasteiger partial charge in [0.2, 0.25) is 0 Å². The predicted octanol–water partition coefficient (Wildman–Crippen LogP) is 3.52. The molecule has 0 saturated carbocycles.